The lowest BCUT2D eigenvalue weighted by molar-refractivity contribution is 0.306. The quantitative estimate of drug-likeness (QED) is 0.694. The number of nitrogen functional groups attached to an aromatic ring is 1. The zero-order chi connectivity index (χ0) is 16.9. The Bertz CT molecular complexity index is 834. The van der Waals surface area contributed by atoms with Crippen LogP contribution in [-0.2, 0) is 6.61 Å². The van der Waals surface area contributed by atoms with Crippen molar-refractivity contribution >= 4 is 5.69 Å². The number of rotatable bonds is 5. The van der Waals surface area contributed by atoms with Crippen LogP contribution in [0.1, 0.15) is 5.56 Å². The highest BCUT2D eigenvalue weighted by Crippen LogP contribution is 2.34. The van der Waals surface area contributed by atoms with Crippen molar-refractivity contribution in [3.05, 3.63) is 78.1 Å². The van der Waals surface area contributed by atoms with Gasteiger partial charge in [0.1, 0.15) is 12.4 Å². The summed E-state index contributed by atoms with van der Waals surface area (Å²) < 4.78 is 25.2. The SMILES string of the molecule is COc1cccc(-c2ccc(OCc3ccccc3)cc2N)c1F. The van der Waals surface area contributed by atoms with E-state index in [1.54, 1.807) is 36.4 Å². The van der Waals surface area contributed by atoms with Crippen LogP contribution in [0.15, 0.2) is 66.7 Å². The number of ether oxygens (including phenoxy) is 2. The van der Waals surface area contributed by atoms with Gasteiger partial charge in [-0.2, -0.15) is 0 Å². The first kappa shape index (κ1) is 15.9. The average Bonchev–Trinajstić information content (AvgIpc) is 2.62. The molecule has 0 unspecified atom stereocenters. The molecule has 24 heavy (non-hydrogen) atoms. The maximum absolute atomic E-state index is 14.4. The zero-order valence-electron chi connectivity index (χ0n) is 13.3. The lowest BCUT2D eigenvalue weighted by Gasteiger charge is -2.12. The summed E-state index contributed by atoms with van der Waals surface area (Å²) in [5, 5.41) is 0. The molecule has 3 nitrogen and oxygen atoms in total. The standard InChI is InChI=1S/C20H18FNO2/c1-23-19-9-5-8-17(20(19)21)16-11-10-15(12-18(16)22)24-13-14-6-3-2-4-7-14/h2-12H,13,22H2,1H3. The van der Waals surface area contributed by atoms with Crippen LogP contribution in [0, 0.1) is 5.82 Å². The Morgan fingerprint density at radius 3 is 2.42 bits per heavy atom. The van der Waals surface area contributed by atoms with Crippen LogP contribution < -0.4 is 15.2 Å². The van der Waals surface area contributed by atoms with E-state index in [9.17, 15) is 4.39 Å². The fourth-order valence-electron chi connectivity index (χ4n) is 2.49. The van der Waals surface area contributed by atoms with Crippen LogP contribution >= 0.6 is 0 Å². The Morgan fingerprint density at radius 1 is 0.917 bits per heavy atom. The molecule has 0 saturated heterocycles. The predicted molar refractivity (Wildman–Crippen MR) is 93.6 cm³/mol. The molecule has 4 heteroatoms. The number of methoxy groups -OCH3 is 1. The van der Waals surface area contributed by atoms with E-state index in [4.69, 9.17) is 15.2 Å². The van der Waals surface area contributed by atoms with E-state index in [1.807, 2.05) is 30.3 Å². The maximum Gasteiger partial charge on any atom is 0.172 e. The first-order valence-electron chi connectivity index (χ1n) is 7.58. The number of nitrogens with two attached hydrogens (primary N) is 1. The maximum atomic E-state index is 14.4. The third-order valence-electron chi connectivity index (χ3n) is 3.74. The summed E-state index contributed by atoms with van der Waals surface area (Å²) in [6, 6.07) is 20.1. The van der Waals surface area contributed by atoms with E-state index in [-0.39, 0.29) is 5.75 Å². The van der Waals surface area contributed by atoms with Gasteiger partial charge >= 0.3 is 0 Å². The molecule has 0 aliphatic carbocycles. The summed E-state index contributed by atoms with van der Waals surface area (Å²) in [4.78, 5) is 0. The van der Waals surface area contributed by atoms with Crippen LogP contribution in [0.5, 0.6) is 11.5 Å². The van der Waals surface area contributed by atoms with Crippen molar-refractivity contribution in [2.24, 2.45) is 0 Å². The van der Waals surface area contributed by atoms with E-state index in [2.05, 4.69) is 0 Å². The second-order valence-electron chi connectivity index (χ2n) is 5.35. The first-order chi connectivity index (χ1) is 11.7. The second-order valence-corrected chi connectivity index (χ2v) is 5.35. The minimum absolute atomic E-state index is 0.191. The molecule has 3 aromatic rings. The van der Waals surface area contributed by atoms with Crippen molar-refractivity contribution in [3.63, 3.8) is 0 Å². The van der Waals surface area contributed by atoms with Gasteiger partial charge in [-0.3, -0.25) is 0 Å². The van der Waals surface area contributed by atoms with Gasteiger partial charge in [-0.1, -0.05) is 42.5 Å². The molecule has 0 spiro atoms. The Labute approximate surface area is 140 Å². The molecule has 0 atom stereocenters. The van der Waals surface area contributed by atoms with Gasteiger partial charge in [-0.15, -0.1) is 0 Å². The zero-order valence-corrected chi connectivity index (χ0v) is 13.3. The molecule has 3 rings (SSSR count). The Hall–Kier alpha value is -3.01. The molecule has 0 bridgehead atoms. The summed E-state index contributed by atoms with van der Waals surface area (Å²) in [6.45, 7) is 0.452. The van der Waals surface area contributed by atoms with Gasteiger partial charge in [0.05, 0.1) is 7.11 Å². The molecular formula is C20H18FNO2. The van der Waals surface area contributed by atoms with Gasteiger partial charge in [0, 0.05) is 22.9 Å². The predicted octanol–water partition coefficient (Wildman–Crippen LogP) is 4.66. The number of anilines is 1. The summed E-state index contributed by atoms with van der Waals surface area (Å²) >= 11 is 0. The van der Waals surface area contributed by atoms with Gasteiger partial charge in [-0.25, -0.2) is 4.39 Å². The number of hydrogen-bond acceptors (Lipinski definition) is 3. The highest BCUT2D eigenvalue weighted by Gasteiger charge is 2.13. The van der Waals surface area contributed by atoms with E-state index in [1.165, 1.54) is 7.11 Å². The molecule has 0 aromatic heterocycles. The van der Waals surface area contributed by atoms with Gasteiger partial charge in [0.15, 0.2) is 11.6 Å². The highest BCUT2D eigenvalue weighted by atomic mass is 19.1. The molecule has 122 valence electrons. The number of halogens is 1. The van der Waals surface area contributed by atoms with Crippen LogP contribution in [0.25, 0.3) is 11.1 Å². The minimum Gasteiger partial charge on any atom is -0.494 e. The molecule has 0 aliphatic heterocycles. The van der Waals surface area contributed by atoms with E-state index >= 15 is 0 Å². The van der Waals surface area contributed by atoms with Crippen LogP contribution in [0.4, 0.5) is 10.1 Å². The van der Waals surface area contributed by atoms with Crippen molar-refractivity contribution < 1.29 is 13.9 Å². The third kappa shape index (κ3) is 3.33. The summed E-state index contributed by atoms with van der Waals surface area (Å²) in [6.07, 6.45) is 0. The molecular weight excluding hydrogens is 305 g/mol. The van der Waals surface area contributed by atoms with E-state index in [0.717, 1.165) is 5.56 Å². The van der Waals surface area contributed by atoms with Crippen LogP contribution in [0.3, 0.4) is 0 Å². The smallest absolute Gasteiger partial charge is 0.172 e. The highest BCUT2D eigenvalue weighted by molar-refractivity contribution is 5.78. The van der Waals surface area contributed by atoms with Crippen molar-refractivity contribution in [1.29, 1.82) is 0 Å². The molecule has 0 heterocycles. The second kappa shape index (κ2) is 7.04. The fraction of sp³-hybridized carbons (Fsp3) is 0.100. The van der Waals surface area contributed by atoms with Gasteiger partial charge in [0.25, 0.3) is 0 Å². The molecule has 0 radical (unpaired) electrons. The van der Waals surface area contributed by atoms with Crippen molar-refractivity contribution in [2.45, 2.75) is 6.61 Å². The minimum atomic E-state index is -0.426. The molecule has 0 fully saturated rings. The van der Waals surface area contributed by atoms with Gasteiger partial charge < -0.3 is 15.2 Å². The van der Waals surface area contributed by atoms with Crippen molar-refractivity contribution in [3.8, 4) is 22.6 Å². The number of hydrogen-bond donors (Lipinski definition) is 1. The molecule has 0 saturated carbocycles. The van der Waals surface area contributed by atoms with Gasteiger partial charge in [0.2, 0.25) is 0 Å². The monoisotopic (exact) mass is 323 g/mol. The third-order valence-corrected chi connectivity index (χ3v) is 3.74. The number of benzene rings is 3. The summed E-state index contributed by atoms with van der Waals surface area (Å²) in [5.74, 6) is 0.407. The Kier molecular flexibility index (Phi) is 4.66. The van der Waals surface area contributed by atoms with Gasteiger partial charge in [-0.05, 0) is 23.8 Å². The normalized spacial score (nSPS) is 10.4. The average molecular weight is 323 g/mol. The fourth-order valence-corrected chi connectivity index (χ4v) is 2.49. The molecule has 0 aliphatic rings. The molecule has 0 amide bonds. The lowest BCUT2D eigenvalue weighted by atomic mass is 10.0. The van der Waals surface area contributed by atoms with Crippen LogP contribution in [0.2, 0.25) is 0 Å². The Morgan fingerprint density at radius 2 is 1.71 bits per heavy atom. The summed E-state index contributed by atoms with van der Waals surface area (Å²) in [5.41, 5.74) is 8.63. The van der Waals surface area contributed by atoms with Crippen LogP contribution in [-0.4, -0.2) is 7.11 Å². The Balaban J connectivity index is 1.83. The molecule has 2 N–H and O–H groups in total. The summed E-state index contributed by atoms with van der Waals surface area (Å²) in [7, 11) is 1.44. The van der Waals surface area contributed by atoms with E-state index < -0.39 is 5.82 Å². The van der Waals surface area contributed by atoms with E-state index in [0.29, 0.717) is 29.2 Å². The largest absolute Gasteiger partial charge is 0.494 e. The molecule has 3 aromatic carbocycles. The van der Waals surface area contributed by atoms with Crippen molar-refractivity contribution in [2.75, 3.05) is 12.8 Å². The topological polar surface area (TPSA) is 44.5 Å². The van der Waals surface area contributed by atoms with Crippen molar-refractivity contribution in [1.82, 2.24) is 0 Å². The first-order valence-corrected chi connectivity index (χ1v) is 7.58. The lowest BCUT2D eigenvalue weighted by Crippen LogP contribution is -1.98.